The summed E-state index contributed by atoms with van der Waals surface area (Å²) in [5, 5.41) is -0.789. The zero-order valence-corrected chi connectivity index (χ0v) is 8.54. The summed E-state index contributed by atoms with van der Waals surface area (Å²) in [6.07, 6.45) is -0.149. The number of hydrogen-bond acceptors (Lipinski definition) is 2. The molecular formula is C7H11ClF2O2S. The Kier molecular flexibility index (Phi) is 3.17. The molecule has 13 heavy (non-hydrogen) atoms. The van der Waals surface area contributed by atoms with E-state index in [4.69, 9.17) is 10.7 Å². The van der Waals surface area contributed by atoms with Crippen molar-refractivity contribution in [2.24, 2.45) is 0 Å². The van der Waals surface area contributed by atoms with E-state index in [1.807, 2.05) is 0 Å². The van der Waals surface area contributed by atoms with Crippen LogP contribution >= 0.6 is 10.7 Å². The molecule has 1 aliphatic rings. The van der Waals surface area contributed by atoms with Crippen LogP contribution in [0.5, 0.6) is 0 Å². The van der Waals surface area contributed by atoms with E-state index >= 15 is 0 Å². The molecule has 0 aromatic rings. The van der Waals surface area contributed by atoms with Crippen molar-refractivity contribution in [3.63, 3.8) is 0 Å². The average molecular weight is 233 g/mol. The molecule has 1 aliphatic carbocycles. The molecule has 2 nitrogen and oxygen atoms in total. The van der Waals surface area contributed by atoms with Crippen molar-refractivity contribution >= 4 is 19.7 Å². The Morgan fingerprint density at radius 3 is 2.38 bits per heavy atom. The maximum atomic E-state index is 12.8. The molecule has 78 valence electrons. The third kappa shape index (κ3) is 3.38. The van der Waals surface area contributed by atoms with Gasteiger partial charge in [0.1, 0.15) is 0 Å². The SMILES string of the molecule is O=S(=O)(Cl)C1CCCC(F)(F)CC1. The van der Waals surface area contributed by atoms with E-state index in [0.717, 1.165) is 0 Å². The molecule has 1 rings (SSSR count). The van der Waals surface area contributed by atoms with Gasteiger partial charge in [0.05, 0.1) is 5.25 Å². The second kappa shape index (κ2) is 3.69. The van der Waals surface area contributed by atoms with Crippen molar-refractivity contribution < 1.29 is 17.2 Å². The molecular weight excluding hydrogens is 222 g/mol. The maximum absolute atomic E-state index is 12.8. The summed E-state index contributed by atoms with van der Waals surface area (Å²) in [4.78, 5) is 0. The van der Waals surface area contributed by atoms with Gasteiger partial charge in [-0.05, 0) is 19.3 Å². The second-order valence-corrected chi connectivity index (χ2v) is 6.29. The molecule has 0 bridgehead atoms. The molecule has 1 unspecified atom stereocenters. The van der Waals surface area contributed by atoms with E-state index < -0.39 is 20.2 Å². The van der Waals surface area contributed by atoms with Gasteiger partial charge in [0.2, 0.25) is 15.0 Å². The first-order valence-corrected chi connectivity index (χ1v) is 6.50. The summed E-state index contributed by atoms with van der Waals surface area (Å²) < 4.78 is 47.3. The van der Waals surface area contributed by atoms with Crippen molar-refractivity contribution in [3.8, 4) is 0 Å². The normalized spacial score (nSPS) is 29.6. The molecule has 1 atom stereocenters. The van der Waals surface area contributed by atoms with Gasteiger partial charge < -0.3 is 0 Å². The summed E-state index contributed by atoms with van der Waals surface area (Å²) in [7, 11) is 1.44. The number of hydrogen-bond donors (Lipinski definition) is 0. The van der Waals surface area contributed by atoms with Crippen LogP contribution in [-0.2, 0) is 9.05 Å². The number of rotatable bonds is 1. The van der Waals surface area contributed by atoms with Gasteiger partial charge in [0.15, 0.2) is 0 Å². The van der Waals surface area contributed by atoms with Crippen LogP contribution in [0.1, 0.15) is 32.1 Å². The molecule has 1 fully saturated rings. The molecule has 0 saturated heterocycles. The van der Waals surface area contributed by atoms with Crippen LogP contribution in [0.4, 0.5) is 8.78 Å². The molecule has 0 spiro atoms. The van der Waals surface area contributed by atoms with Crippen LogP contribution in [0.15, 0.2) is 0 Å². The Labute approximate surface area is 80.7 Å². The molecule has 0 aliphatic heterocycles. The highest BCUT2D eigenvalue weighted by molar-refractivity contribution is 8.14. The highest BCUT2D eigenvalue weighted by Crippen LogP contribution is 2.34. The first-order chi connectivity index (χ1) is 5.81. The van der Waals surface area contributed by atoms with Crippen molar-refractivity contribution in [2.45, 2.75) is 43.3 Å². The zero-order chi connectivity index (χ0) is 10.1. The predicted octanol–water partition coefficient (Wildman–Crippen LogP) is 2.52. The van der Waals surface area contributed by atoms with E-state index in [-0.39, 0.29) is 32.1 Å². The van der Waals surface area contributed by atoms with Gasteiger partial charge in [-0.15, -0.1) is 0 Å². The molecule has 0 N–H and O–H groups in total. The fraction of sp³-hybridized carbons (Fsp3) is 1.00. The Morgan fingerprint density at radius 1 is 1.23 bits per heavy atom. The second-order valence-electron chi connectivity index (χ2n) is 3.38. The van der Waals surface area contributed by atoms with Gasteiger partial charge in [0, 0.05) is 23.5 Å². The van der Waals surface area contributed by atoms with Crippen LogP contribution in [0.3, 0.4) is 0 Å². The van der Waals surface area contributed by atoms with E-state index in [0.29, 0.717) is 0 Å². The van der Waals surface area contributed by atoms with E-state index in [9.17, 15) is 17.2 Å². The van der Waals surface area contributed by atoms with Crippen molar-refractivity contribution in [1.82, 2.24) is 0 Å². The lowest BCUT2D eigenvalue weighted by atomic mass is 10.1. The highest BCUT2D eigenvalue weighted by atomic mass is 35.7. The predicted molar refractivity (Wildman–Crippen MR) is 46.6 cm³/mol. The third-order valence-corrected chi connectivity index (χ3v) is 4.32. The molecule has 0 radical (unpaired) electrons. The molecule has 0 heterocycles. The lowest BCUT2D eigenvalue weighted by Gasteiger charge is -2.12. The number of alkyl halides is 2. The summed E-state index contributed by atoms with van der Waals surface area (Å²) in [5.74, 6) is -2.71. The topological polar surface area (TPSA) is 34.1 Å². The molecule has 0 aromatic carbocycles. The highest BCUT2D eigenvalue weighted by Gasteiger charge is 2.36. The monoisotopic (exact) mass is 232 g/mol. The largest absolute Gasteiger partial charge is 0.248 e. The molecule has 6 heteroatoms. The van der Waals surface area contributed by atoms with Gasteiger partial charge in [-0.1, -0.05) is 0 Å². The third-order valence-electron chi connectivity index (χ3n) is 2.30. The summed E-state index contributed by atoms with van der Waals surface area (Å²) in [6.45, 7) is 0. The van der Waals surface area contributed by atoms with E-state index in [1.165, 1.54) is 0 Å². The van der Waals surface area contributed by atoms with Crippen LogP contribution in [0.25, 0.3) is 0 Å². The quantitative estimate of drug-likeness (QED) is 0.514. The summed E-state index contributed by atoms with van der Waals surface area (Å²) in [5.41, 5.74) is 0. The average Bonchev–Trinajstić information content (AvgIpc) is 2.08. The Balaban J connectivity index is 2.66. The minimum absolute atomic E-state index is 0.0289. The van der Waals surface area contributed by atoms with Gasteiger partial charge in [0.25, 0.3) is 0 Å². The van der Waals surface area contributed by atoms with Crippen LogP contribution in [0.2, 0.25) is 0 Å². The molecule has 0 aromatic heterocycles. The summed E-state index contributed by atoms with van der Waals surface area (Å²) in [6, 6.07) is 0. The van der Waals surface area contributed by atoms with Crippen LogP contribution < -0.4 is 0 Å². The Morgan fingerprint density at radius 2 is 1.85 bits per heavy atom. The van der Waals surface area contributed by atoms with Crippen molar-refractivity contribution in [3.05, 3.63) is 0 Å². The minimum atomic E-state index is -3.66. The van der Waals surface area contributed by atoms with Crippen molar-refractivity contribution in [2.75, 3.05) is 0 Å². The Bertz CT molecular complexity index is 276. The lowest BCUT2D eigenvalue weighted by Crippen LogP contribution is -2.17. The number of halogens is 3. The Hall–Kier alpha value is 0.1000. The van der Waals surface area contributed by atoms with Gasteiger partial charge in [-0.3, -0.25) is 0 Å². The van der Waals surface area contributed by atoms with Crippen LogP contribution in [0, 0.1) is 0 Å². The lowest BCUT2D eigenvalue weighted by molar-refractivity contribution is -0.0137. The molecule has 0 amide bonds. The zero-order valence-electron chi connectivity index (χ0n) is 6.97. The minimum Gasteiger partial charge on any atom is -0.212 e. The smallest absolute Gasteiger partial charge is 0.212 e. The standard InChI is InChI=1S/C7H11ClF2O2S/c8-13(11,12)6-2-1-4-7(9,10)5-3-6/h6H,1-5H2. The fourth-order valence-electron chi connectivity index (χ4n) is 1.51. The van der Waals surface area contributed by atoms with Crippen LogP contribution in [-0.4, -0.2) is 19.6 Å². The first-order valence-electron chi connectivity index (χ1n) is 4.12. The van der Waals surface area contributed by atoms with Gasteiger partial charge in [-0.2, -0.15) is 0 Å². The van der Waals surface area contributed by atoms with Gasteiger partial charge >= 0.3 is 0 Å². The summed E-state index contributed by atoms with van der Waals surface area (Å²) >= 11 is 0. The fourth-order valence-corrected chi connectivity index (χ4v) is 2.89. The van der Waals surface area contributed by atoms with Crippen molar-refractivity contribution in [1.29, 1.82) is 0 Å². The van der Waals surface area contributed by atoms with E-state index in [2.05, 4.69) is 0 Å². The first kappa shape index (κ1) is 11.2. The molecule has 1 saturated carbocycles. The van der Waals surface area contributed by atoms with Gasteiger partial charge in [-0.25, -0.2) is 17.2 Å². The maximum Gasteiger partial charge on any atom is 0.248 e. The van der Waals surface area contributed by atoms with E-state index in [1.54, 1.807) is 0 Å².